The van der Waals surface area contributed by atoms with Gasteiger partial charge in [-0.05, 0) is 41.0 Å². The minimum atomic E-state index is -0.312. The van der Waals surface area contributed by atoms with E-state index in [1.165, 1.54) is 22.5 Å². The van der Waals surface area contributed by atoms with E-state index in [2.05, 4.69) is 91.5 Å². The molecule has 0 fully saturated rings. The van der Waals surface area contributed by atoms with E-state index in [0.29, 0.717) is 6.42 Å². The van der Waals surface area contributed by atoms with Gasteiger partial charge in [-0.15, -0.1) is 0 Å². The second-order valence-corrected chi connectivity index (χ2v) is 8.72. The number of hydrogen-bond donors (Lipinski definition) is 0. The Hall–Kier alpha value is -3.92. The van der Waals surface area contributed by atoms with Crippen molar-refractivity contribution >= 4 is 22.7 Å². The number of anilines is 3. The summed E-state index contributed by atoms with van der Waals surface area (Å²) in [6.07, 6.45) is 0.525. The molecule has 1 heterocycles. The zero-order valence-electron chi connectivity index (χ0n) is 18.2. The highest BCUT2D eigenvalue weighted by Gasteiger charge is 2.36. The van der Waals surface area contributed by atoms with Crippen LogP contribution in [0.5, 0.6) is 0 Å². The molecule has 158 valence electrons. The Morgan fingerprint density at radius 3 is 1.88 bits per heavy atom. The van der Waals surface area contributed by atoms with Crippen LogP contribution in [0.1, 0.15) is 36.1 Å². The molecule has 5 rings (SSSR count). The van der Waals surface area contributed by atoms with Gasteiger partial charge in [0.2, 0.25) is 0 Å². The van der Waals surface area contributed by atoms with Gasteiger partial charge in [-0.2, -0.15) is 0 Å². The molecule has 4 nitrogen and oxygen atoms in total. The molecule has 32 heavy (non-hydrogen) atoms. The summed E-state index contributed by atoms with van der Waals surface area (Å²) < 4.78 is 0. The van der Waals surface area contributed by atoms with E-state index >= 15 is 0 Å². The molecule has 1 aliphatic rings. The summed E-state index contributed by atoms with van der Waals surface area (Å²) in [6.45, 7) is 4.55. The van der Waals surface area contributed by atoms with E-state index in [0.717, 1.165) is 16.8 Å². The number of para-hydroxylation sites is 3. The largest absolute Gasteiger partial charge is 0.310 e. The normalized spacial score (nSPS) is 13.9. The van der Waals surface area contributed by atoms with E-state index < -0.39 is 0 Å². The number of nitrogens with zero attached hydrogens (tertiary/aromatic N) is 2. The van der Waals surface area contributed by atoms with E-state index in [4.69, 9.17) is 0 Å². The molecular formula is C28H24N2O2. The molecular weight excluding hydrogens is 396 g/mol. The highest BCUT2D eigenvalue weighted by molar-refractivity contribution is 5.85. The van der Waals surface area contributed by atoms with Crippen molar-refractivity contribution in [3.63, 3.8) is 0 Å². The third-order valence-corrected chi connectivity index (χ3v) is 6.41. The summed E-state index contributed by atoms with van der Waals surface area (Å²) in [5, 5.41) is 11.4. The van der Waals surface area contributed by atoms with Crippen molar-refractivity contribution < 1.29 is 4.92 Å². The van der Waals surface area contributed by atoms with Crippen LogP contribution in [0.25, 0.3) is 0 Å². The molecule has 1 aliphatic heterocycles. The first-order valence-electron chi connectivity index (χ1n) is 10.8. The van der Waals surface area contributed by atoms with E-state index in [-0.39, 0.29) is 16.0 Å². The zero-order chi connectivity index (χ0) is 22.3. The lowest BCUT2D eigenvalue weighted by Gasteiger charge is -2.42. The molecule has 4 aromatic carbocycles. The molecule has 0 spiro atoms. The van der Waals surface area contributed by atoms with Gasteiger partial charge in [-0.25, -0.2) is 0 Å². The SMILES string of the molecule is CC1(C)c2ccccc2N(c2ccc(Cc3ccccc3[N+](=O)[O-])cc2)c2ccccc21. The van der Waals surface area contributed by atoms with Crippen LogP contribution in [0, 0.1) is 10.1 Å². The highest BCUT2D eigenvalue weighted by atomic mass is 16.6. The topological polar surface area (TPSA) is 46.4 Å². The molecule has 0 amide bonds. The molecule has 0 radical (unpaired) electrons. The highest BCUT2D eigenvalue weighted by Crippen LogP contribution is 2.51. The first-order valence-corrected chi connectivity index (χ1v) is 10.8. The lowest BCUT2D eigenvalue weighted by molar-refractivity contribution is -0.385. The second-order valence-electron chi connectivity index (χ2n) is 8.72. The Balaban J connectivity index is 1.55. The van der Waals surface area contributed by atoms with Crippen LogP contribution in [-0.2, 0) is 11.8 Å². The van der Waals surface area contributed by atoms with Crippen LogP contribution >= 0.6 is 0 Å². The molecule has 0 atom stereocenters. The standard InChI is InChI=1S/C28H24N2O2/c1-28(2)23-10-4-7-13-26(23)29(27-14-8-5-11-24(27)28)22-17-15-20(16-18-22)19-21-9-3-6-12-25(21)30(31)32/h3-18H,19H2,1-2H3. The molecule has 0 N–H and O–H groups in total. The number of fused-ring (bicyclic) bond motifs is 2. The Morgan fingerprint density at radius 1 is 0.750 bits per heavy atom. The predicted molar refractivity (Wildman–Crippen MR) is 129 cm³/mol. The third-order valence-electron chi connectivity index (χ3n) is 6.41. The minimum Gasteiger partial charge on any atom is -0.310 e. The predicted octanol–water partition coefficient (Wildman–Crippen LogP) is 7.29. The molecule has 0 aromatic heterocycles. The summed E-state index contributed by atoms with van der Waals surface area (Å²) >= 11 is 0. The minimum absolute atomic E-state index is 0.0874. The summed E-state index contributed by atoms with van der Waals surface area (Å²) in [5.41, 5.74) is 7.87. The maximum absolute atomic E-state index is 11.4. The van der Waals surface area contributed by atoms with E-state index in [1.54, 1.807) is 12.1 Å². The van der Waals surface area contributed by atoms with Gasteiger partial charge in [0.05, 0.1) is 16.3 Å². The Bertz CT molecular complexity index is 1260. The van der Waals surface area contributed by atoms with Crippen molar-refractivity contribution in [2.24, 2.45) is 0 Å². The fraction of sp³-hybridized carbons (Fsp3) is 0.143. The average Bonchev–Trinajstić information content (AvgIpc) is 2.81. The summed E-state index contributed by atoms with van der Waals surface area (Å²) in [6, 6.07) is 32.4. The third kappa shape index (κ3) is 3.25. The van der Waals surface area contributed by atoms with Crippen molar-refractivity contribution in [3.05, 3.63) is 129 Å². The van der Waals surface area contributed by atoms with Crippen LogP contribution in [0.4, 0.5) is 22.7 Å². The van der Waals surface area contributed by atoms with Gasteiger partial charge >= 0.3 is 0 Å². The molecule has 0 aliphatic carbocycles. The van der Waals surface area contributed by atoms with Gasteiger partial charge in [0.1, 0.15) is 0 Å². The van der Waals surface area contributed by atoms with Crippen molar-refractivity contribution in [1.29, 1.82) is 0 Å². The molecule has 0 saturated heterocycles. The van der Waals surface area contributed by atoms with Crippen molar-refractivity contribution in [2.75, 3.05) is 4.90 Å². The van der Waals surface area contributed by atoms with Gasteiger partial charge in [-0.3, -0.25) is 10.1 Å². The molecule has 0 bridgehead atoms. The maximum atomic E-state index is 11.4. The van der Waals surface area contributed by atoms with E-state index in [1.807, 2.05) is 12.1 Å². The van der Waals surface area contributed by atoms with E-state index in [9.17, 15) is 10.1 Å². The van der Waals surface area contributed by atoms with Crippen molar-refractivity contribution in [3.8, 4) is 0 Å². The fourth-order valence-electron chi connectivity index (χ4n) is 4.77. The van der Waals surface area contributed by atoms with Crippen LogP contribution in [-0.4, -0.2) is 4.92 Å². The summed E-state index contributed by atoms with van der Waals surface area (Å²) in [7, 11) is 0. The summed E-state index contributed by atoms with van der Waals surface area (Å²) in [5.74, 6) is 0. The number of nitro groups is 1. The number of nitro benzene ring substituents is 1. The van der Waals surface area contributed by atoms with Gasteiger partial charge in [0.15, 0.2) is 0 Å². The van der Waals surface area contributed by atoms with Gasteiger partial charge < -0.3 is 4.90 Å². The zero-order valence-corrected chi connectivity index (χ0v) is 18.2. The van der Waals surface area contributed by atoms with Crippen molar-refractivity contribution in [1.82, 2.24) is 0 Å². The first kappa shape index (κ1) is 20.0. The first-order chi connectivity index (χ1) is 15.5. The number of hydrogen-bond acceptors (Lipinski definition) is 3. The second kappa shape index (κ2) is 7.65. The Morgan fingerprint density at radius 2 is 1.28 bits per heavy atom. The fourth-order valence-corrected chi connectivity index (χ4v) is 4.77. The Kier molecular flexibility index (Phi) is 4.78. The number of benzene rings is 4. The van der Waals surface area contributed by atoms with Crippen LogP contribution in [0.2, 0.25) is 0 Å². The van der Waals surface area contributed by atoms with Crippen LogP contribution in [0.3, 0.4) is 0 Å². The smallest absolute Gasteiger partial charge is 0.272 e. The molecule has 0 unspecified atom stereocenters. The quantitative estimate of drug-likeness (QED) is 0.257. The maximum Gasteiger partial charge on any atom is 0.272 e. The molecule has 4 heteroatoms. The van der Waals surface area contributed by atoms with Crippen LogP contribution in [0.15, 0.2) is 97.1 Å². The lowest BCUT2D eigenvalue weighted by atomic mass is 9.73. The average molecular weight is 421 g/mol. The van der Waals surface area contributed by atoms with Gasteiger partial charge in [0, 0.05) is 29.2 Å². The monoisotopic (exact) mass is 420 g/mol. The molecule has 4 aromatic rings. The number of rotatable bonds is 4. The van der Waals surface area contributed by atoms with Crippen molar-refractivity contribution in [2.45, 2.75) is 25.7 Å². The van der Waals surface area contributed by atoms with Crippen LogP contribution < -0.4 is 4.90 Å². The Labute approximate surface area is 187 Å². The van der Waals surface area contributed by atoms with Gasteiger partial charge in [-0.1, -0.05) is 80.6 Å². The lowest BCUT2D eigenvalue weighted by Crippen LogP contribution is -2.30. The van der Waals surface area contributed by atoms with Gasteiger partial charge in [0.25, 0.3) is 5.69 Å². The molecule has 0 saturated carbocycles. The summed E-state index contributed by atoms with van der Waals surface area (Å²) in [4.78, 5) is 13.4.